The largest absolute Gasteiger partial charge is 0.480 e. The Balaban J connectivity index is 2.19. The molecular formula is C17H18F3N3O3. The lowest BCUT2D eigenvalue weighted by Gasteiger charge is -2.14. The lowest BCUT2D eigenvalue weighted by Crippen LogP contribution is -2.40. The van der Waals surface area contributed by atoms with E-state index in [-0.39, 0.29) is 11.3 Å². The van der Waals surface area contributed by atoms with Gasteiger partial charge < -0.3 is 10.4 Å². The van der Waals surface area contributed by atoms with Crippen LogP contribution in [0.15, 0.2) is 36.5 Å². The Bertz CT molecular complexity index is 787. The minimum atomic E-state index is -4.56. The summed E-state index contributed by atoms with van der Waals surface area (Å²) in [5.74, 6) is -1.75. The lowest BCUT2D eigenvalue weighted by molar-refractivity contribution is -0.141. The van der Waals surface area contributed by atoms with E-state index < -0.39 is 29.8 Å². The number of amides is 1. The van der Waals surface area contributed by atoms with Crippen LogP contribution in [0.2, 0.25) is 0 Å². The number of nitrogens with one attached hydrogen (secondary N) is 1. The summed E-state index contributed by atoms with van der Waals surface area (Å²) in [6.07, 6.45) is -1.69. The van der Waals surface area contributed by atoms with Gasteiger partial charge in [0.25, 0.3) is 5.91 Å². The quantitative estimate of drug-likeness (QED) is 0.785. The molecule has 6 nitrogen and oxygen atoms in total. The number of rotatable bonds is 7. The minimum Gasteiger partial charge on any atom is -0.480 e. The fourth-order valence-corrected chi connectivity index (χ4v) is 2.32. The third-order valence-electron chi connectivity index (χ3n) is 3.70. The van der Waals surface area contributed by atoms with Crippen molar-refractivity contribution in [3.63, 3.8) is 0 Å². The first-order valence-electron chi connectivity index (χ1n) is 7.99. The molecule has 1 atom stereocenters. The van der Waals surface area contributed by atoms with Crippen molar-refractivity contribution in [1.29, 1.82) is 0 Å². The van der Waals surface area contributed by atoms with E-state index in [9.17, 15) is 27.9 Å². The Morgan fingerprint density at radius 2 is 2.04 bits per heavy atom. The normalized spacial score (nSPS) is 12.6. The maximum absolute atomic E-state index is 12.6. The topological polar surface area (TPSA) is 84.2 Å². The van der Waals surface area contributed by atoms with E-state index in [1.165, 1.54) is 24.3 Å². The van der Waals surface area contributed by atoms with Crippen molar-refractivity contribution in [3.05, 3.63) is 47.8 Å². The number of carbonyl (C=O) groups excluding carboxylic acids is 1. The molecule has 0 aliphatic heterocycles. The van der Waals surface area contributed by atoms with Crippen LogP contribution in [0.3, 0.4) is 0 Å². The molecule has 9 heteroatoms. The number of nitrogens with zero attached hydrogens (tertiary/aromatic N) is 2. The fourth-order valence-electron chi connectivity index (χ4n) is 2.32. The van der Waals surface area contributed by atoms with Crippen LogP contribution < -0.4 is 5.32 Å². The summed E-state index contributed by atoms with van der Waals surface area (Å²) in [5, 5.41) is 15.0. The molecule has 0 saturated carbocycles. The number of aliphatic carboxylic acids is 1. The standard InChI is InChI=1S/C17H18F3N3O3/c1-2-3-7-13(16(25)26)21-15(24)11-5-4-6-12(10-11)23-9-8-14(22-23)17(18,19)20/h4-6,8-10,13H,2-3,7H2,1H3,(H,21,24)(H,25,26)/t13-/m0/s1. The number of carbonyl (C=O) groups is 2. The second-order valence-electron chi connectivity index (χ2n) is 5.70. The first kappa shape index (κ1) is 19.5. The summed E-state index contributed by atoms with van der Waals surface area (Å²) in [6, 6.07) is 5.59. The second kappa shape index (κ2) is 8.03. The van der Waals surface area contributed by atoms with Gasteiger partial charge in [-0.3, -0.25) is 4.79 Å². The number of unbranched alkanes of at least 4 members (excludes halogenated alkanes) is 1. The molecule has 1 amide bonds. The molecule has 0 unspecified atom stereocenters. The van der Waals surface area contributed by atoms with E-state index in [0.29, 0.717) is 12.8 Å². The monoisotopic (exact) mass is 369 g/mol. The first-order valence-corrected chi connectivity index (χ1v) is 7.99. The zero-order valence-electron chi connectivity index (χ0n) is 14.0. The number of aromatic nitrogens is 2. The Hall–Kier alpha value is -2.84. The van der Waals surface area contributed by atoms with Gasteiger partial charge in [0.05, 0.1) is 5.69 Å². The molecule has 0 aliphatic carbocycles. The van der Waals surface area contributed by atoms with Gasteiger partial charge in [-0.25, -0.2) is 9.48 Å². The van der Waals surface area contributed by atoms with Crippen LogP contribution in [0.1, 0.15) is 42.2 Å². The molecule has 0 fully saturated rings. The summed E-state index contributed by atoms with van der Waals surface area (Å²) in [4.78, 5) is 23.5. The van der Waals surface area contributed by atoms with Gasteiger partial charge in [0.2, 0.25) is 0 Å². The number of alkyl halides is 3. The van der Waals surface area contributed by atoms with Crippen molar-refractivity contribution in [3.8, 4) is 5.69 Å². The zero-order valence-corrected chi connectivity index (χ0v) is 14.0. The summed E-state index contributed by atoms with van der Waals surface area (Å²) < 4.78 is 39.0. The van der Waals surface area contributed by atoms with Crippen molar-refractivity contribution in [2.24, 2.45) is 0 Å². The molecule has 2 N–H and O–H groups in total. The van der Waals surface area contributed by atoms with Crippen molar-refractivity contribution >= 4 is 11.9 Å². The maximum atomic E-state index is 12.6. The van der Waals surface area contributed by atoms with E-state index in [1.807, 2.05) is 6.92 Å². The smallest absolute Gasteiger partial charge is 0.435 e. The van der Waals surface area contributed by atoms with Gasteiger partial charge in [-0.2, -0.15) is 18.3 Å². The fraction of sp³-hybridized carbons (Fsp3) is 0.353. The number of hydrogen-bond acceptors (Lipinski definition) is 3. The molecule has 2 aromatic rings. The zero-order chi connectivity index (χ0) is 19.3. The van der Waals surface area contributed by atoms with Crippen LogP contribution in [0, 0.1) is 0 Å². The Labute approximate surface area is 147 Å². The number of carboxylic acid groups (broad SMARTS) is 1. The highest BCUT2D eigenvalue weighted by molar-refractivity contribution is 5.97. The molecule has 0 aliphatic rings. The lowest BCUT2D eigenvalue weighted by atomic mass is 10.1. The SMILES string of the molecule is CCCC[C@H](NC(=O)c1cccc(-n2ccc(C(F)(F)F)n2)c1)C(=O)O. The van der Waals surface area contributed by atoms with Gasteiger partial charge in [0.1, 0.15) is 6.04 Å². The summed E-state index contributed by atoms with van der Waals surface area (Å²) >= 11 is 0. The molecule has 0 saturated heterocycles. The van der Waals surface area contributed by atoms with E-state index in [0.717, 1.165) is 23.4 Å². The molecule has 0 spiro atoms. The number of hydrogen-bond donors (Lipinski definition) is 2. The van der Waals surface area contributed by atoms with Crippen LogP contribution in [0.5, 0.6) is 0 Å². The minimum absolute atomic E-state index is 0.134. The van der Waals surface area contributed by atoms with Gasteiger partial charge >= 0.3 is 12.1 Å². The van der Waals surface area contributed by atoms with Crippen LogP contribution in [0.4, 0.5) is 13.2 Å². The highest BCUT2D eigenvalue weighted by Crippen LogP contribution is 2.27. The molecule has 26 heavy (non-hydrogen) atoms. The van der Waals surface area contributed by atoms with E-state index in [4.69, 9.17) is 0 Å². The van der Waals surface area contributed by atoms with Crippen molar-refractivity contribution in [2.75, 3.05) is 0 Å². The molecule has 140 valence electrons. The van der Waals surface area contributed by atoms with Gasteiger partial charge in [-0.15, -0.1) is 0 Å². The highest BCUT2D eigenvalue weighted by Gasteiger charge is 2.33. The summed E-state index contributed by atoms with van der Waals surface area (Å²) in [6.45, 7) is 1.91. The molecule has 1 aromatic heterocycles. The van der Waals surface area contributed by atoms with E-state index >= 15 is 0 Å². The van der Waals surface area contributed by atoms with Crippen molar-refractivity contribution in [2.45, 2.75) is 38.4 Å². The molecule has 0 radical (unpaired) electrons. The molecular weight excluding hydrogens is 351 g/mol. The average Bonchev–Trinajstić information content (AvgIpc) is 3.08. The molecule has 2 rings (SSSR count). The third-order valence-corrected chi connectivity index (χ3v) is 3.70. The number of carboxylic acids is 1. The van der Waals surface area contributed by atoms with Gasteiger partial charge in [0.15, 0.2) is 5.69 Å². The Morgan fingerprint density at radius 3 is 2.62 bits per heavy atom. The van der Waals surface area contributed by atoms with E-state index in [2.05, 4.69) is 10.4 Å². The van der Waals surface area contributed by atoms with Gasteiger partial charge in [-0.05, 0) is 30.7 Å². The third kappa shape index (κ3) is 4.84. The van der Waals surface area contributed by atoms with Crippen LogP contribution in [0.25, 0.3) is 5.69 Å². The van der Waals surface area contributed by atoms with Crippen molar-refractivity contribution in [1.82, 2.24) is 15.1 Å². The number of halogens is 3. The predicted octanol–water partition coefficient (Wildman–Crippen LogP) is 3.26. The summed E-state index contributed by atoms with van der Waals surface area (Å²) in [5.41, 5.74) is -0.652. The number of benzene rings is 1. The average molecular weight is 369 g/mol. The summed E-state index contributed by atoms with van der Waals surface area (Å²) in [7, 11) is 0. The van der Waals surface area contributed by atoms with Crippen molar-refractivity contribution < 1.29 is 27.9 Å². The second-order valence-corrected chi connectivity index (χ2v) is 5.70. The molecule has 1 aromatic carbocycles. The maximum Gasteiger partial charge on any atom is 0.435 e. The Kier molecular flexibility index (Phi) is 6.01. The Morgan fingerprint density at radius 1 is 1.31 bits per heavy atom. The predicted molar refractivity (Wildman–Crippen MR) is 87.0 cm³/mol. The van der Waals surface area contributed by atoms with Crippen LogP contribution in [-0.4, -0.2) is 32.8 Å². The van der Waals surface area contributed by atoms with Gasteiger partial charge in [0, 0.05) is 11.8 Å². The van der Waals surface area contributed by atoms with E-state index in [1.54, 1.807) is 0 Å². The van der Waals surface area contributed by atoms with Gasteiger partial charge in [-0.1, -0.05) is 25.8 Å². The first-order chi connectivity index (χ1) is 12.2. The molecule has 1 heterocycles. The van der Waals surface area contributed by atoms with Crippen LogP contribution in [-0.2, 0) is 11.0 Å². The van der Waals surface area contributed by atoms with Crippen LogP contribution >= 0.6 is 0 Å². The highest BCUT2D eigenvalue weighted by atomic mass is 19.4. The molecule has 0 bridgehead atoms.